The molecule has 1 fully saturated rings. The Morgan fingerprint density at radius 1 is 1.24 bits per heavy atom. The van der Waals surface area contributed by atoms with Gasteiger partial charge in [0.2, 0.25) is 5.89 Å². The molecule has 1 unspecified atom stereocenters. The van der Waals surface area contributed by atoms with Crippen LogP contribution >= 0.6 is 22.9 Å². The van der Waals surface area contributed by atoms with Crippen LogP contribution in [-0.4, -0.2) is 48.2 Å². The van der Waals surface area contributed by atoms with E-state index in [1.807, 2.05) is 24.3 Å². The van der Waals surface area contributed by atoms with E-state index in [2.05, 4.69) is 25.3 Å². The molecule has 37 heavy (non-hydrogen) atoms. The van der Waals surface area contributed by atoms with Crippen molar-refractivity contribution in [2.24, 2.45) is 0 Å². The predicted octanol–water partition coefficient (Wildman–Crippen LogP) is 4.14. The molecule has 5 rings (SSSR count). The van der Waals surface area contributed by atoms with E-state index in [9.17, 15) is 17.9 Å². The number of benzene rings is 2. The van der Waals surface area contributed by atoms with Gasteiger partial charge in [-0.15, -0.1) is 11.3 Å². The first kappa shape index (κ1) is 25.6. The third kappa shape index (κ3) is 5.78. The molecule has 13 heteroatoms. The van der Waals surface area contributed by atoms with Crippen LogP contribution in [0, 0.1) is 5.82 Å². The molecule has 2 aromatic heterocycles. The van der Waals surface area contributed by atoms with Crippen molar-refractivity contribution in [1.29, 1.82) is 0 Å². The van der Waals surface area contributed by atoms with E-state index in [-0.39, 0.29) is 15.8 Å². The Labute approximate surface area is 221 Å². The summed E-state index contributed by atoms with van der Waals surface area (Å²) in [4.78, 5) is 7.44. The highest BCUT2D eigenvalue weighted by atomic mass is 35.5. The summed E-state index contributed by atoms with van der Waals surface area (Å²) in [6, 6.07) is 9.89. The number of halogens is 2. The Kier molecular flexibility index (Phi) is 7.19. The molecule has 0 bridgehead atoms. The molecule has 2 aromatic carbocycles. The van der Waals surface area contributed by atoms with E-state index in [1.165, 1.54) is 12.5 Å². The van der Waals surface area contributed by atoms with Gasteiger partial charge in [0.05, 0.1) is 23.0 Å². The number of anilines is 2. The van der Waals surface area contributed by atoms with Crippen molar-refractivity contribution in [3.05, 3.63) is 76.8 Å². The Hall–Kier alpha value is -3.03. The molecule has 0 radical (unpaired) electrons. The van der Waals surface area contributed by atoms with Gasteiger partial charge in [0, 0.05) is 35.8 Å². The van der Waals surface area contributed by atoms with Crippen LogP contribution in [-0.2, 0) is 16.4 Å². The molecule has 1 saturated heterocycles. The van der Waals surface area contributed by atoms with Crippen molar-refractivity contribution in [2.75, 3.05) is 23.1 Å². The lowest BCUT2D eigenvalue weighted by Gasteiger charge is -2.31. The molecule has 194 valence electrons. The van der Waals surface area contributed by atoms with Gasteiger partial charge in [0.1, 0.15) is 17.0 Å². The number of rotatable bonds is 9. The van der Waals surface area contributed by atoms with Crippen molar-refractivity contribution >= 4 is 43.8 Å². The topological polar surface area (TPSA) is 129 Å². The number of nitrogens with one attached hydrogen (secondary N) is 3. The second-order valence-electron chi connectivity index (χ2n) is 8.79. The number of thiazole rings is 1. The lowest BCUT2D eigenvalue weighted by atomic mass is 9.88. The van der Waals surface area contributed by atoms with E-state index in [0.717, 1.165) is 34.6 Å². The second-order valence-corrected chi connectivity index (χ2v) is 11.7. The maximum Gasteiger partial charge on any atom is 0.266 e. The molecule has 1 aliphatic heterocycles. The molecule has 4 aromatic rings. The average Bonchev–Trinajstić information content (AvgIpc) is 3.63. The number of aliphatic hydroxyl groups is 1. The van der Waals surface area contributed by atoms with Crippen molar-refractivity contribution in [3.63, 3.8) is 0 Å². The van der Waals surface area contributed by atoms with Gasteiger partial charge in [-0.3, -0.25) is 4.72 Å². The normalized spacial score (nSPS) is 19.7. The zero-order valence-electron chi connectivity index (χ0n) is 19.3. The van der Waals surface area contributed by atoms with Crippen LogP contribution in [0.1, 0.15) is 12.0 Å². The first-order chi connectivity index (χ1) is 17.7. The van der Waals surface area contributed by atoms with E-state index >= 15 is 0 Å². The highest BCUT2D eigenvalue weighted by molar-refractivity contribution is 7.93. The van der Waals surface area contributed by atoms with Gasteiger partial charge in [-0.2, -0.15) is 0 Å². The van der Waals surface area contributed by atoms with Crippen LogP contribution in [0.2, 0.25) is 5.02 Å². The van der Waals surface area contributed by atoms with E-state index < -0.39 is 32.4 Å². The molecule has 9 nitrogen and oxygen atoms in total. The third-order valence-corrected chi connectivity index (χ3v) is 8.58. The SMILES string of the molecule is O=S(=O)(Nc1nccs1)c1cc(Cl)c(NC[C@]2(Cc3ccc(-c4ncco4)cc3)CC(O)CN2)cc1F. The van der Waals surface area contributed by atoms with Crippen molar-refractivity contribution in [3.8, 4) is 11.5 Å². The monoisotopic (exact) mass is 563 g/mol. The fourth-order valence-electron chi connectivity index (χ4n) is 4.36. The average molecular weight is 564 g/mol. The Morgan fingerprint density at radius 3 is 2.70 bits per heavy atom. The number of aliphatic hydroxyl groups excluding tert-OH is 1. The largest absolute Gasteiger partial charge is 0.445 e. The van der Waals surface area contributed by atoms with E-state index in [0.29, 0.717) is 31.8 Å². The summed E-state index contributed by atoms with van der Waals surface area (Å²) < 4.78 is 47.7. The predicted molar refractivity (Wildman–Crippen MR) is 140 cm³/mol. The molecule has 0 amide bonds. The highest BCUT2D eigenvalue weighted by Gasteiger charge is 2.38. The van der Waals surface area contributed by atoms with Gasteiger partial charge in [0.25, 0.3) is 10.0 Å². The lowest BCUT2D eigenvalue weighted by Crippen LogP contribution is -2.48. The minimum atomic E-state index is -4.21. The molecular formula is C24H23ClFN5O4S2. The van der Waals surface area contributed by atoms with Crippen LogP contribution in [0.5, 0.6) is 0 Å². The first-order valence-corrected chi connectivity index (χ1v) is 14.0. The smallest absolute Gasteiger partial charge is 0.266 e. The number of β-amino-alcohol motifs (C(OH)–C–C–N with tert-alkyl or cyclic N) is 1. The quantitative estimate of drug-likeness (QED) is 0.239. The van der Waals surface area contributed by atoms with Gasteiger partial charge in [-0.1, -0.05) is 23.7 Å². The summed E-state index contributed by atoms with van der Waals surface area (Å²) in [5.74, 6) is -0.423. The number of sulfonamides is 1. The summed E-state index contributed by atoms with van der Waals surface area (Å²) in [7, 11) is -4.21. The molecule has 3 heterocycles. The Bertz CT molecular complexity index is 1470. The van der Waals surface area contributed by atoms with Gasteiger partial charge in [-0.05, 0) is 42.7 Å². The minimum absolute atomic E-state index is 0.0462. The molecule has 4 N–H and O–H groups in total. The molecule has 0 spiro atoms. The van der Waals surface area contributed by atoms with E-state index in [4.69, 9.17) is 16.0 Å². The Morgan fingerprint density at radius 2 is 2.05 bits per heavy atom. The number of oxazole rings is 1. The number of hydrogen-bond acceptors (Lipinski definition) is 9. The summed E-state index contributed by atoms with van der Waals surface area (Å²) in [6.45, 7) is 0.728. The zero-order valence-corrected chi connectivity index (χ0v) is 21.7. The summed E-state index contributed by atoms with van der Waals surface area (Å²) in [5, 5.41) is 18.6. The van der Waals surface area contributed by atoms with Gasteiger partial charge < -0.3 is 20.2 Å². The van der Waals surface area contributed by atoms with Crippen LogP contribution in [0.25, 0.3) is 11.5 Å². The zero-order chi connectivity index (χ0) is 26.0. The fraction of sp³-hybridized carbons (Fsp3) is 0.250. The summed E-state index contributed by atoms with van der Waals surface area (Å²) in [6.07, 6.45) is 5.04. The number of aromatic nitrogens is 2. The Balaban J connectivity index is 1.32. The van der Waals surface area contributed by atoms with Crippen LogP contribution in [0.4, 0.5) is 15.2 Å². The number of hydrogen-bond donors (Lipinski definition) is 4. The summed E-state index contributed by atoms with van der Waals surface area (Å²) in [5.41, 5.74) is 1.57. The molecule has 0 aliphatic carbocycles. The molecule has 2 atom stereocenters. The second kappa shape index (κ2) is 10.4. The van der Waals surface area contributed by atoms with Crippen LogP contribution < -0.4 is 15.4 Å². The number of nitrogens with zero attached hydrogens (tertiary/aromatic N) is 2. The molecule has 0 saturated carbocycles. The van der Waals surface area contributed by atoms with Crippen LogP contribution in [0.15, 0.2) is 69.7 Å². The van der Waals surface area contributed by atoms with Gasteiger partial charge >= 0.3 is 0 Å². The van der Waals surface area contributed by atoms with Gasteiger partial charge in [0.15, 0.2) is 5.13 Å². The minimum Gasteiger partial charge on any atom is -0.445 e. The molecule has 1 aliphatic rings. The lowest BCUT2D eigenvalue weighted by molar-refractivity contribution is 0.185. The first-order valence-electron chi connectivity index (χ1n) is 11.3. The van der Waals surface area contributed by atoms with E-state index in [1.54, 1.807) is 11.6 Å². The maximum atomic E-state index is 14.9. The standard InChI is InChI=1S/C24H23ClFN5O4S2/c25-18-9-21(37(33,34)31-23-28-6-8-36-23)19(26)10-20(18)29-14-24(12-17(32)13-30-24)11-15-1-3-16(4-2-15)22-27-5-7-35-22/h1-10,17,29-30,32H,11-14H2,(H,28,31)/t17?,24-/m0/s1. The van der Waals surface area contributed by atoms with Gasteiger partial charge in [-0.25, -0.2) is 22.8 Å². The highest BCUT2D eigenvalue weighted by Crippen LogP contribution is 2.32. The fourth-order valence-corrected chi connectivity index (χ4v) is 6.53. The summed E-state index contributed by atoms with van der Waals surface area (Å²) >= 11 is 7.43. The molecular weight excluding hydrogens is 541 g/mol. The maximum absolute atomic E-state index is 14.9. The van der Waals surface area contributed by atoms with Crippen molar-refractivity contribution in [2.45, 2.75) is 29.4 Å². The third-order valence-electron chi connectivity index (χ3n) is 6.10. The van der Waals surface area contributed by atoms with Crippen molar-refractivity contribution in [1.82, 2.24) is 15.3 Å². The van der Waals surface area contributed by atoms with Crippen LogP contribution in [0.3, 0.4) is 0 Å². The van der Waals surface area contributed by atoms with Crippen molar-refractivity contribution < 1.29 is 22.3 Å².